The highest BCUT2D eigenvalue weighted by Gasteiger charge is 2.10. The van der Waals surface area contributed by atoms with Gasteiger partial charge in [0.25, 0.3) is 5.91 Å². The third-order valence-electron chi connectivity index (χ3n) is 2.88. The summed E-state index contributed by atoms with van der Waals surface area (Å²) in [5, 5.41) is 6.16. The number of rotatable bonds is 6. The minimum Gasteiger partial charge on any atom is -0.397 e. The molecule has 1 aromatic carbocycles. The highest BCUT2D eigenvalue weighted by atomic mass is 16.1. The van der Waals surface area contributed by atoms with Crippen molar-refractivity contribution in [2.24, 2.45) is 5.92 Å². The Morgan fingerprint density at radius 2 is 2.00 bits per heavy atom. The van der Waals surface area contributed by atoms with Crippen LogP contribution in [0.2, 0.25) is 0 Å². The predicted molar refractivity (Wildman–Crippen MR) is 81.4 cm³/mol. The Labute approximate surface area is 115 Å². The smallest absolute Gasteiger partial charge is 0.251 e. The van der Waals surface area contributed by atoms with E-state index < -0.39 is 0 Å². The fourth-order valence-electron chi connectivity index (χ4n) is 2.12. The molecule has 0 aliphatic rings. The van der Waals surface area contributed by atoms with E-state index in [9.17, 15) is 4.79 Å². The predicted octanol–water partition coefficient (Wildman–Crippen LogP) is 2.87. The molecule has 0 bridgehead atoms. The van der Waals surface area contributed by atoms with Crippen LogP contribution >= 0.6 is 0 Å². The monoisotopic (exact) mass is 263 g/mol. The zero-order chi connectivity index (χ0) is 14.4. The van der Waals surface area contributed by atoms with E-state index >= 15 is 0 Å². The molecule has 1 amide bonds. The fourth-order valence-corrected chi connectivity index (χ4v) is 2.12. The number of nitrogens with one attached hydrogen (secondary N) is 2. The largest absolute Gasteiger partial charge is 0.397 e. The van der Waals surface area contributed by atoms with Gasteiger partial charge < -0.3 is 16.4 Å². The fraction of sp³-hybridized carbons (Fsp3) is 0.533. The van der Waals surface area contributed by atoms with Crippen molar-refractivity contribution in [2.75, 3.05) is 17.6 Å². The van der Waals surface area contributed by atoms with Gasteiger partial charge in [-0.25, -0.2) is 0 Å². The van der Waals surface area contributed by atoms with E-state index in [1.807, 2.05) is 13.0 Å². The normalized spacial score (nSPS) is 12.3. The molecular formula is C15H25N3O. The Morgan fingerprint density at radius 3 is 2.58 bits per heavy atom. The maximum atomic E-state index is 11.8. The van der Waals surface area contributed by atoms with Crippen LogP contribution in [0.4, 0.5) is 11.4 Å². The van der Waals surface area contributed by atoms with Crippen LogP contribution in [0, 0.1) is 5.92 Å². The number of hydrogen-bond donors (Lipinski definition) is 3. The summed E-state index contributed by atoms with van der Waals surface area (Å²) in [5.41, 5.74) is 8.08. The van der Waals surface area contributed by atoms with Gasteiger partial charge in [-0.15, -0.1) is 0 Å². The number of amides is 1. The van der Waals surface area contributed by atoms with Gasteiger partial charge in [0.15, 0.2) is 0 Å². The zero-order valence-corrected chi connectivity index (χ0v) is 12.3. The molecule has 0 saturated heterocycles. The molecule has 1 unspecified atom stereocenters. The molecule has 0 radical (unpaired) electrons. The van der Waals surface area contributed by atoms with Gasteiger partial charge in [-0.2, -0.15) is 0 Å². The highest BCUT2D eigenvalue weighted by Crippen LogP contribution is 2.22. The number of hydrogen-bond acceptors (Lipinski definition) is 3. The average molecular weight is 263 g/mol. The number of nitrogen functional groups attached to an aromatic ring is 1. The van der Waals surface area contributed by atoms with Crippen molar-refractivity contribution in [2.45, 2.75) is 40.2 Å². The molecule has 19 heavy (non-hydrogen) atoms. The minimum absolute atomic E-state index is 0.0675. The van der Waals surface area contributed by atoms with Crippen LogP contribution in [0.1, 0.15) is 44.5 Å². The van der Waals surface area contributed by atoms with Crippen LogP contribution in [0.5, 0.6) is 0 Å². The Hall–Kier alpha value is -1.71. The first kappa shape index (κ1) is 15.3. The van der Waals surface area contributed by atoms with Gasteiger partial charge >= 0.3 is 0 Å². The summed E-state index contributed by atoms with van der Waals surface area (Å²) >= 11 is 0. The summed E-state index contributed by atoms with van der Waals surface area (Å²) in [6.45, 7) is 9.02. The molecule has 0 heterocycles. The summed E-state index contributed by atoms with van der Waals surface area (Å²) in [7, 11) is 0. The molecule has 0 spiro atoms. The van der Waals surface area contributed by atoms with E-state index in [0.717, 1.165) is 12.1 Å². The van der Waals surface area contributed by atoms with Crippen molar-refractivity contribution in [3.05, 3.63) is 23.8 Å². The molecule has 0 aromatic heterocycles. The van der Waals surface area contributed by atoms with Crippen LogP contribution in [-0.2, 0) is 0 Å². The van der Waals surface area contributed by atoms with E-state index in [1.165, 1.54) is 0 Å². The quantitative estimate of drug-likeness (QED) is 0.691. The van der Waals surface area contributed by atoms with E-state index in [4.69, 9.17) is 5.73 Å². The molecule has 1 atom stereocenters. The molecule has 1 aromatic rings. The Kier molecular flexibility index (Phi) is 5.67. The standard InChI is InChI=1S/C15H25N3O/c1-5-17-15(19)12-6-7-13(16)14(9-12)18-11(4)8-10(2)3/h6-7,9-11,18H,5,8,16H2,1-4H3,(H,17,19). The third-order valence-corrected chi connectivity index (χ3v) is 2.88. The molecule has 0 saturated carbocycles. The number of carbonyl (C=O) groups is 1. The van der Waals surface area contributed by atoms with Crippen molar-refractivity contribution < 1.29 is 4.79 Å². The van der Waals surface area contributed by atoms with Crippen LogP contribution in [-0.4, -0.2) is 18.5 Å². The second-order valence-corrected chi connectivity index (χ2v) is 5.34. The lowest BCUT2D eigenvalue weighted by Crippen LogP contribution is -2.23. The zero-order valence-electron chi connectivity index (χ0n) is 12.3. The van der Waals surface area contributed by atoms with E-state index in [1.54, 1.807) is 12.1 Å². The lowest BCUT2D eigenvalue weighted by Gasteiger charge is -2.19. The first-order chi connectivity index (χ1) is 8.93. The SMILES string of the molecule is CCNC(=O)c1ccc(N)c(NC(C)CC(C)C)c1. The highest BCUT2D eigenvalue weighted by molar-refractivity contribution is 5.96. The van der Waals surface area contributed by atoms with Crippen molar-refractivity contribution in [1.82, 2.24) is 5.32 Å². The third kappa shape index (κ3) is 4.81. The van der Waals surface area contributed by atoms with Gasteiger partial charge in [-0.05, 0) is 44.4 Å². The molecule has 106 valence electrons. The second kappa shape index (κ2) is 7.02. The lowest BCUT2D eigenvalue weighted by molar-refractivity contribution is 0.0956. The minimum atomic E-state index is -0.0675. The second-order valence-electron chi connectivity index (χ2n) is 5.34. The van der Waals surface area contributed by atoms with Gasteiger partial charge in [-0.3, -0.25) is 4.79 Å². The van der Waals surface area contributed by atoms with Crippen LogP contribution < -0.4 is 16.4 Å². The number of anilines is 2. The Bertz CT molecular complexity index is 429. The molecule has 0 fully saturated rings. The molecule has 0 aliphatic carbocycles. The molecule has 1 rings (SSSR count). The molecule has 4 N–H and O–H groups in total. The van der Waals surface area contributed by atoms with E-state index in [2.05, 4.69) is 31.4 Å². The number of benzene rings is 1. The summed E-state index contributed by atoms with van der Waals surface area (Å²) in [6.07, 6.45) is 1.06. The molecule has 4 nitrogen and oxygen atoms in total. The molecule has 0 aliphatic heterocycles. The summed E-state index contributed by atoms with van der Waals surface area (Å²) < 4.78 is 0. The van der Waals surface area contributed by atoms with Crippen LogP contribution in [0.25, 0.3) is 0 Å². The van der Waals surface area contributed by atoms with E-state index in [0.29, 0.717) is 29.8 Å². The van der Waals surface area contributed by atoms with Gasteiger partial charge in [0, 0.05) is 18.2 Å². The number of carbonyl (C=O) groups excluding carboxylic acids is 1. The summed E-state index contributed by atoms with van der Waals surface area (Å²) in [6, 6.07) is 5.66. The van der Waals surface area contributed by atoms with Gasteiger partial charge in [0.2, 0.25) is 0 Å². The van der Waals surface area contributed by atoms with E-state index in [-0.39, 0.29) is 5.91 Å². The van der Waals surface area contributed by atoms with Crippen molar-refractivity contribution >= 4 is 17.3 Å². The summed E-state index contributed by atoms with van der Waals surface area (Å²) in [4.78, 5) is 11.8. The maximum absolute atomic E-state index is 11.8. The van der Waals surface area contributed by atoms with Crippen LogP contribution in [0.15, 0.2) is 18.2 Å². The lowest BCUT2D eigenvalue weighted by atomic mass is 10.0. The maximum Gasteiger partial charge on any atom is 0.251 e. The topological polar surface area (TPSA) is 67.2 Å². The van der Waals surface area contributed by atoms with Crippen LogP contribution in [0.3, 0.4) is 0 Å². The first-order valence-corrected chi connectivity index (χ1v) is 6.88. The van der Waals surface area contributed by atoms with Gasteiger partial charge in [0.05, 0.1) is 11.4 Å². The van der Waals surface area contributed by atoms with Crippen molar-refractivity contribution in [1.29, 1.82) is 0 Å². The van der Waals surface area contributed by atoms with Gasteiger partial charge in [-0.1, -0.05) is 13.8 Å². The average Bonchev–Trinajstić information content (AvgIpc) is 2.31. The molecular weight excluding hydrogens is 238 g/mol. The van der Waals surface area contributed by atoms with Crippen molar-refractivity contribution in [3.63, 3.8) is 0 Å². The number of nitrogens with two attached hydrogens (primary N) is 1. The first-order valence-electron chi connectivity index (χ1n) is 6.88. The molecule has 4 heteroatoms. The Morgan fingerprint density at radius 1 is 1.32 bits per heavy atom. The van der Waals surface area contributed by atoms with Gasteiger partial charge in [0.1, 0.15) is 0 Å². The van der Waals surface area contributed by atoms with Crippen molar-refractivity contribution in [3.8, 4) is 0 Å². The summed E-state index contributed by atoms with van der Waals surface area (Å²) in [5.74, 6) is 0.553. The Balaban J connectivity index is 2.82.